The van der Waals surface area contributed by atoms with Crippen LogP contribution in [0.15, 0.2) is 59.5 Å². The Kier molecular flexibility index (Phi) is 7.16. The van der Waals surface area contributed by atoms with Gasteiger partial charge in [0, 0.05) is 25.0 Å². The predicted octanol–water partition coefficient (Wildman–Crippen LogP) is 2.87. The molecule has 0 spiro atoms. The topological polar surface area (TPSA) is 72.6 Å². The number of alkyl halides is 2. The van der Waals surface area contributed by atoms with Crippen LogP contribution >= 0.6 is 12.4 Å². The first kappa shape index (κ1) is 21.6. The van der Waals surface area contributed by atoms with E-state index in [2.05, 4.69) is 0 Å². The third-order valence-corrected chi connectivity index (χ3v) is 6.24. The fourth-order valence-electron chi connectivity index (χ4n) is 3.06. The highest BCUT2D eigenvalue weighted by Crippen LogP contribution is 2.31. The maximum Gasteiger partial charge on any atom is 0.272 e. The van der Waals surface area contributed by atoms with Crippen LogP contribution in [0, 0.1) is 0 Å². The van der Waals surface area contributed by atoms with Crippen LogP contribution in [0.2, 0.25) is 0 Å². The standard InChI is InChI=1S/C18H20F2N2O3S.ClH/c19-18(20)12-25-14-6-8-15(9-7-14)26(23,24)22-10-16(17(21)11-22)13-4-2-1-3-5-13;/h1-9,16-18H,10-12,21H2;1H/t16-,17+;/m0./s1. The summed E-state index contributed by atoms with van der Waals surface area (Å²) in [4.78, 5) is 0.0859. The van der Waals surface area contributed by atoms with E-state index in [0.29, 0.717) is 6.54 Å². The van der Waals surface area contributed by atoms with Gasteiger partial charge in [-0.2, -0.15) is 4.31 Å². The van der Waals surface area contributed by atoms with E-state index in [-0.39, 0.29) is 41.6 Å². The lowest BCUT2D eigenvalue weighted by Gasteiger charge is -2.17. The van der Waals surface area contributed by atoms with Crippen LogP contribution in [0.1, 0.15) is 11.5 Å². The molecule has 3 rings (SSSR count). The summed E-state index contributed by atoms with van der Waals surface area (Å²) in [7, 11) is -3.71. The van der Waals surface area contributed by atoms with E-state index >= 15 is 0 Å². The largest absolute Gasteiger partial charge is 0.488 e. The average Bonchev–Trinajstić information content (AvgIpc) is 3.03. The number of ether oxygens (including phenoxy) is 1. The maximum absolute atomic E-state index is 12.8. The van der Waals surface area contributed by atoms with Crippen LogP contribution in [0.3, 0.4) is 0 Å². The molecule has 1 heterocycles. The lowest BCUT2D eigenvalue weighted by molar-refractivity contribution is 0.0819. The second-order valence-corrected chi connectivity index (χ2v) is 8.11. The second kappa shape index (κ2) is 8.97. The fourth-order valence-corrected chi connectivity index (χ4v) is 4.56. The number of halogens is 3. The number of nitrogens with two attached hydrogens (primary N) is 1. The van der Waals surface area contributed by atoms with Crippen molar-refractivity contribution in [3.05, 3.63) is 60.2 Å². The Labute approximate surface area is 163 Å². The Morgan fingerprint density at radius 2 is 1.70 bits per heavy atom. The predicted molar refractivity (Wildman–Crippen MR) is 101 cm³/mol. The van der Waals surface area contributed by atoms with Crippen LogP contribution < -0.4 is 10.5 Å². The molecule has 148 valence electrons. The summed E-state index contributed by atoms with van der Waals surface area (Å²) in [6.07, 6.45) is -2.58. The number of hydrogen-bond acceptors (Lipinski definition) is 4. The highest BCUT2D eigenvalue weighted by molar-refractivity contribution is 7.89. The van der Waals surface area contributed by atoms with Crippen molar-refractivity contribution in [2.75, 3.05) is 19.7 Å². The normalized spacial score (nSPS) is 20.4. The van der Waals surface area contributed by atoms with E-state index in [1.54, 1.807) is 0 Å². The van der Waals surface area contributed by atoms with Gasteiger partial charge in [-0.25, -0.2) is 17.2 Å². The smallest absolute Gasteiger partial charge is 0.272 e. The highest BCUT2D eigenvalue weighted by atomic mass is 35.5. The molecular weight excluding hydrogens is 398 g/mol. The van der Waals surface area contributed by atoms with Crippen LogP contribution in [0.25, 0.3) is 0 Å². The molecule has 2 aromatic carbocycles. The van der Waals surface area contributed by atoms with Crippen molar-refractivity contribution in [2.24, 2.45) is 5.73 Å². The minimum absolute atomic E-state index is 0. The molecule has 1 fully saturated rings. The Bertz CT molecular complexity index is 835. The Balaban J connectivity index is 0.00000261. The minimum Gasteiger partial charge on any atom is -0.488 e. The second-order valence-electron chi connectivity index (χ2n) is 6.18. The first-order chi connectivity index (χ1) is 12.4. The molecule has 0 unspecified atom stereocenters. The Morgan fingerprint density at radius 3 is 2.30 bits per heavy atom. The van der Waals surface area contributed by atoms with Gasteiger partial charge >= 0.3 is 0 Å². The van der Waals surface area contributed by atoms with Crippen molar-refractivity contribution >= 4 is 22.4 Å². The molecular formula is C18H21ClF2N2O3S. The average molecular weight is 419 g/mol. The molecule has 1 aliphatic heterocycles. The van der Waals surface area contributed by atoms with Crippen LogP contribution in [-0.4, -0.2) is 44.9 Å². The summed E-state index contributed by atoms with van der Waals surface area (Å²) < 4.78 is 56.3. The zero-order valence-electron chi connectivity index (χ0n) is 14.4. The molecule has 9 heteroatoms. The molecule has 5 nitrogen and oxygen atoms in total. The minimum atomic E-state index is -3.71. The van der Waals surface area contributed by atoms with Crippen molar-refractivity contribution < 1.29 is 21.9 Å². The number of benzene rings is 2. The van der Waals surface area contributed by atoms with E-state index in [9.17, 15) is 17.2 Å². The van der Waals surface area contributed by atoms with E-state index in [0.717, 1.165) is 5.56 Å². The van der Waals surface area contributed by atoms with Gasteiger partial charge in [0.2, 0.25) is 10.0 Å². The van der Waals surface area contributed by atoms with Crippen molar-refractivity contribution in [3.63, 3.8) is 0 Å². The number of rotatable bonds is 6. The van der Waals surface area contributed by atoms with E-state index < -0.39 is 23.1 Å². The summed E-state index contributed by atoms with van der Waals surface area (Å²) in [5, 5.41) is 0. The van der Waals surface area contributed by atoms with Crippen molar-refractivity contribution in [1.82, 2.24) is 4.31 Å². The van der Waals surface area contributed by atoms with Gasteiger partial charge in [-0.1, -0.05) is 30.3 Å². The molecule has 0 aliphatic carbocycles. The summed E-state index contributed by atoms with van der Waals surface area (Å²) in [6, 6.07) is 14.8. The summed E-state index contributed by atoms with van der Waals surface area (Å²) in [6.45, 7) is -0.200. The van der Waals surface area contributed by atoms with Gasteiger partial charge in [0.05, 0.1) is 4.90 Å². The molecule has 2 aromatic rings. The van der Waals surface area contributed by atoms with Crippen molar-refractivity contribution in [1.29, 1.82) is 0 Å². The Morgan fingerprint density at radius 1 is 1.07 bits per heavy atom. The molecule has 0 aromatic heterocycles. The summed E-state index contributed by atoms with van der Waals surface area (Å²) in [5.74, 6) is 0.129. The molecule has 0 saturated carbocycles. The monoisotopic (exact) mass is 418 g/mol. The third-order valence-electron chi connectivity index (χ3n) is 4.40. The summed E-state index contributed by atoms with van der Waals surface area (Å²) in [5.41, 5.74) is 7.18. The van der Waals surface area contributed by atoms with E-state index in [1.807, 2.05) is 30.3 Å². The molecule has 1 saturated heterocycles. The van der Waals surface area contributed by atoms with Gasteiger partial charge < -0.3 is 10.5 Å². The molecule has 0 bridgehead atoms. The fraction of sp³-hybridized carbons (Fsp3) is 0.333. The van der Waals surface area contributed by atoms with Gasteiger partial charge in [-0.3, -0.25) is 0 Å². The molecule has 27 heavy (non-hydrogen) atoms. The zero-order valence-corrected chi connectivity index (χ0v) is 16.0. The molecule has 0 radical (unpaired) electrons. The maximum atomic E-state index is 12.8. The molecule has 2 atom stereocenters. The van der Waals surface area contributed by atoms with Crippen LogP contribution in [0.4, 0.5) is 8.78 Å². The number of hydrogen-bond donors (Lipinski definition) is 1. The van der Waals surface area contributed by atoms with Gasteiger partial charge in [0.1, 0.15) is 12.4 Å². The first-order valence-electron chi connectivity index (χ1n) is 8.19. The lowest BCUT2D eigenvalue weighted by Crippen LogP contribution is -2.32. The first-order valence-corrected chi connectivity index (χ1v) is 9.63. The van der Waals surface area contributed by atoms with Gasteiger partial charge in [0.15, 0.2) is 0 Å². The number of sulfonamides is 1. The van der Waals surface area contributed by atoms with Gasteiger partial charge in [-0.05, 0) is 29.8 Å². The van der Waals surface area contributed by atoms with E-state index in [4.69, 9.17) is 10.5 Å². The third kappa shape index (κ3) is 4.95. The summed E-state index contributed by atoms with van der Waals surface area (Å²) >= 11 is 0. The molecule has 1 aliphatic rings. The lowest BCUT2D eigenvalue weighted by atomic mass is 9.95. The molecule has 0 amide bonds. The van der Waals surface area contributed by atoms with E-state index in [1.165, 1.54) is 28.6 Å². The highest BCUT2D eigenvalue weighted by Gasteiger charge is 2.38. The van der Waals surface area contributed by atoms with Gasteiger partial charge in [0.25, 0.3) is 6.43 Å². The molecule has 2 N–H and O–H groups in total. The van der Waals surface area contributed by atoms with Crippen molar-refractivity contribution in [2.45, 2.75) is 23.3 Å². The van der Waals surface area contributed by atoms with Crippen LogP contribution in [-0.2, 0) is 10.0 Å². The quantitative estimate of drug-likeness (QED) is 0.782. The number of nitrogens with zero attached hydrogens (tertiary/aromatic N) is 1. The Hall–Kier alpha value is -1.74. The van der Waals surface area contributed by atoms with Gasteiger partial charge in [-0.15, -0.1) is 12.4 Å². The van der Waals surface area contributed by atoms with Crippen LogP contribution in [0.5, 0.6) is 5.75 Å². The zero-order chi connectivity index (χ0) is 18.7. The SMILES string of the molecule is Cl.N[C@@H]1CN(S(=O)(=O)c2ccc(OCC(F)F)cc2)C[C@H]1c1ccccc1. The van der Waals surface area contributed by atoms with Crippen molar-refractivity contribution in [3.8, 4) is 5.75 Å².